The number of nitrogens with zero attached hydrogens (tertiary/aromatic N) is 4. The van der Waals surface area contributed by atoms with Crippen LogP contribution < -0.4 is 19.8 Å². The molecule has 3 heterocycles. The van der Waals surface area contributed by atoms with Crippen molar-refractivity contribution in [2.75, 3.05) is 34.9 Å². The zero-order valence-corrected chi connectivity index (χ0v) is 22.4. The van der Waals surface area contributed by atoms with Gasteiger partial charge in [-0.25, -0.2) is 8.42 Å². The van der Waals surface area contributed by atoms with E-state index in [-0.39, 0.29) is 12.1 Å². The van der Waals surface area contributed by atoms with E-state index in [4.69, 9.17) is 12.2 Å². The highest BCUT2D eigenvalue weighted by Crippen LogP contribution is 2.42. The molecule has 190 valence electrons. The van der Waals surface area contributed by atoms with E-state index in [0.29, 0.717) is 10.8 Å². The van der Waals surface area contributed by atoms with Crippen LogP contribution in [0.25, 0.3) is 5.69 Å². The maximum atomic E-state index is 11.7. The normalized spacial score (nSPS) is 17.5. The molecule has 0 radical (unpaired) electrons. The second kappa shape index (κ2) is 9.87. The molecule has 4 aromatic rings. The molecule has 2 N–H and O–H groups in total. The van der Waals surface area contributed by atoms with Crippen LogP contribution >= 0.6 is 12.2 Å². The van der Waals surface area contributed by atoms with Crippen molar-refractivity contribution in [3.8, 4) is 5.69 Å². The summed E-state index contributed by atoms with van der Waals surface area (Å²) >= 11 is 5.84. The minimum Gasteiger partial charge on any atom is -0.378 e. The van der Waals surface area contributed by atoms with Crippen molar-refractivity contribution >= 4 is 44.4 Å². The van der Waals surface area contributed by atoms with Gasteiger partial charge in [0.25, 0.3) is 0 Å². The maximum absolute atomic E-state index is 11.7. The fourth-order valence-corrected chi connectivity index (χ4v) is 5.53. The van der Waals surface area contributed by atoms with Gasteiger partial charge in [0.15, 0.2) is 5.11 Å². The number of aromatic nitrogens is 2. The first-order valence-electron chi connectivity index (χ1n) is 11.7. The van der Waals surface area contributed by atoms with Crippen LogP contribution in [0.5, 0.6) is 0 Å². The van der Waals surface area contributed by atoms with E-state index in [1.165, 1.54) is 0 Å². The maximum Gasteiger partial charge on any atom is 0.229 e. The van der Waals surface area contributed by atoms with Gasteiger partial charge in [0, 0.05) is 54.9 Å². The Morgan fingerprint density at radius 2 is 1.65 bits per heavy atom. The molecule has 1 aliphatic rings. The van der Waals surface area contributed by atoms with Crippen molar-refractivity contribution in [1.82, 2.24) is 14.9 Å². The number of pyridine rings is 1. The molecule has 10 heteroatoms. The summed E-state index contributed by atoms with van der Waals surface area (Å²) in [6.45, 7) is 0. The first-order valence-corrected chi connectivity index (χ1v) is 14.0. The van der Waals surface area contributed by atoms with Gasteiger partial charge in [0.2, 0.25) is 10.0 Å². The zero-order chi connectivity index (χ0) is 26.2. The molecule has 0 saturated carbocycles. The number of hydrogen-bond acceptors (Lipinski definition) is 5. The quantitative estimate of drug-likeness (QED) is 0.340. The third kappa shape index (κ3) is 5.16. The van der Waals surface area contributed by atoms with Crippen molar-refractivity contribution in [3.63, 3.8) is 0 Å². The van der Waals surface area contributed by atoms with E-state index < -0.39 is 10.0 Å². The van der Waals surface area contributed by atoms with Crippen LogP contribution in [-0.2, 0) is 10.0 Å². The van der Waals surface area contributed by atoms with Gasteiger partial charge in [0.1, 0.15) is 6.04 Å². The molecule has 0 unspecified atom stereocenters. The van der Waals surface area contributed by atoms with Crippen LogP contribution in [0, 0.1) is 0 Å². The van der Waals surface area contributed by atoms with Gasteiger partial charge in [-0.2, -0.15) is 0 Å². The number of anilines is 3. The van der Waals surface area contributed by atoms with E-state index in [0.717, 1.165) is 34.7 Å². The highest BCUT2D eigenvalue weighted by atomic mass is 32.2. The number of rotatable bonds is 7. The minimum atomic E-state index is -3.37. The predicted octanol–water partition coefficient (Wildman–Crippen LogP) is 4.49. The summed E-state index contributed by atoms with van der Waals surface area (Å²) in [4.78, 5) is 8.77. The van der Waals surface area contributed by atoms with Crippen molar-refractivity contribution in [3.05, 3.63) is 103 Å². The summed E-state index contributed by atoms with van der Waals surface area (Å²) < 4.78 is 28.0. The van der Waals surface area contributed by atoms with Crippen LogP contribution in [0.4, 0.5) is 17.1 Å². The molecule has 1 saturated heterocycles. The molecule has 1 aliphatic heterocycles. The summed E-state index contributed by atoms with van der Waals surface area (Å²) in [5.74, 6) is 0. The Bertz CT molecular complexity index is 1500. The number of benzene rings is 2. The predicted molar refractivity (Wildman–Crippen MR) is 153 cm³/mol. The van der Waals surface area contributed by atoms with Crippen LogP contribution in [-0.4, -0.2) is 43.4 Å². The molecule has 0 spiro atoms. The summed E-state index contributed by atoms with van der Waals surface area (Å²) in [6, 6.07) is 25.2. The van der Waals surface area contributed by atoms with E-state index >= 15 is 0 Å². The first kappa shape index (κ1) is 24.8. The molecule has 0 aliphatic carbocycles. The third-order valence-corrected chi connectivity index (χ3v) is 7.20. The second-order valence-corrected chi connectivity index (χ2v) is 11.3. The van der Waals surface area contributed by atoms with Crippen molar-refractivity contribution in [2.24, 2.45) is 0 Å². The lowest BCUT2D eigenvalue weighted by Gasteiger charge is -2.29. The standard InChI is InChI=1S/C27H28N6O2S2/c1-31(2)20-13-15-21(16-14-20)32-18-6-8-24(32)26-25(23-7-4-5-17-28-23)29-27(36)33(26)22-11-9-19(10-12-22)30-37(3,34)35/h4-18,25-26,30H,1-3H3,(H,29,36)/t25-,26+/m1/s1. The summed E-state index contributed by atoms with van der Waals surface area (Å²) in [5, 5.41) is 4.05. The molecule has 0 bridgehead atoms. The largest absolute Gasteiger partial charge is 0.378 e. The smallest absolute Gasteiger partial charge is 0.229 e. The van der Waals surface area contributed by atoms with Crippen LogP contribution in [0.15, 0.2) is 91.3 Å². The third-order valence-electron chi connectivity index (χ3n) is 6.27. The molecule has 1 fully saturated rings. The van der Waals surface area contributed by atoms with E-state index in [1.807, 2.05) is 56.7 Å². The van der Waals surface area contributed by atoms with Crippen molar-refractivity contribution in [2.45, 2.75) is 12.1 Å². The van der Waals surface area contributed by atoms with E-state index in [2.05, 4.69) is 59.7 Å². The molecule has 2 aromatic carbocycles. The Morgan fingerprint density at radius 3 is 2.27 bits per heavy atom. The van der Waals surface area contributed by atoms with Crippen molar-refractivity contribution < 1.29 is 8.42 Å². The molecule has 37 heavy (non-hydrogen) atoms. The Kier molecular flexibility index (Phi) is 6.61. The zero-order valence-electron chi connectivity index (χ0n) is 20.7. The van der Waals surface area contributed by atoms with Gasteiger partial charge in [0.05, 0.1) is 18.0 Å². The highest BCUT2D eigenvalue weighted by Gasteiger charge is 2.42. The molecule has 2 atom stereocenters. The minimum absolute atomic E-state index is 0.197. The molecule has 2 aromatic heterocycles. The van der Waals surface area contributed by atoms with Crippen molar-refractivity contribution in [1.29, 1.82) is 0 Å². The van der Waals surface area contributed by atoms with Gasteiger partial charge < -0.3 is 19.7 Å². The number of nitrogens with one attached hydrogen (secondary N) is 2. The van der Waals surface area contributed by atoms with Crippen LogP contribution in [0.3, 0.4) is 0 Å². The lowest BCUT2D eigenvalue weighted by atomic mass is 10.0. The summed E-state index contributed by atoms with van der Waals surface area (Å²) in [5.41, 5.74) is 5.41. The van der Waals surface area contributed by atoms with Gasteiger partial charge in [-0.05, 0) is 85.0 Å². The Balaban J connectivity index is 1.59. The Labute approximate surface area is 222 Å². The monoisotopic (exact) mass is 532 g/mol. The SMILES string of the molecule is CN(C)c1ccc(-n2cccc2[C@H]2[C@@H](c3ccccn3)NC(=S)N2c2ccc(NS(C)(=O)=O)cc2)cc1. The van der Waals surface area contributed by atoms with E-state index in [9.17, 15) is 8.42 Å². The van der Waals surface area contributed by atoms with Gasteiger partial charge in [-0.1, -0.05) is 6.07 Å². The highest BCUT2D eigenvalue weighted by molar-refractivity contribution is 7.92. The number of hydrogen-bond donors (Lipinski definition) is 2. The molecular weight excluding hydrogens is 504 g/mol. The van der Waals surface area contributed by atoms with E-state index in [1.54, 1.807) is 18.3 Å². The fourth-order valence-electron chi connectivity index (χ4n) is 4.62. The van der Waals surface area contributed by atoms with Crippen LogP contribution in [0.2, 0.25) is 0 Å². The summed E-state index contributed by atoms with van der Waals surface area (Å²) in [6.07, 6.45) is 4.96. The Morgan fingerprint density at radius 1 is 0.946 bits per heavy atom. The molecule has 0 amide bonds. The van der Waals surface area contributed by atoms with Gasteiger partial charge >= 0.3 is 0 Å². The molecule has 8 nitrogen and oxygen atoms in total. The number of thiocarbonyl (C=S) groups is 1. The molecular formula is C27H28N6O2S2. The summed E-state index contributed by atoms with van der Waals surface area (Å²) in [7, 11) is 0.670. The topological polar surface area (TPSA) is 82.5 Å². The first-order chi connectivity index (χ1) is 17.7. The number of sulfonamides is 1. The second-order valence-electron chi connectivity index (χ2n) is 9.13. The average molecular weight is 533 g/mol. The lowest BCUT2D eigenvalue weighted by Crippen LogP contribution is -2.30. The Hall–Kier alpha value is -3.89. The fraction of sp³-hybridized carbons (Fsp3) is 0.185. The van der Waals surface area contributed by atoms with Crippen LogP contribution in [0.1, 0.15) is 23.5 Å². The average Bonchev–Trinajstić information content (AvgIpc) is 3.48. The molecule has 5 rings (SSSR count). The lowest BCUT2D eigenvalue weighted by molar-refractivity contribution is 0.549. The van der Waals surface area contributed by atoms with Gasteiger partial charge in [-0.15, -0.1) is 0 Å². The van der Waals surface area contributed by atoms with Gasteiger partial charge in [-0.3, -0.25) is 9.71 Å².